The molecule has 3 rings (SSSR count). The number of anilines is 1. The van der Waals surface area contributed by atoms with Crippen LogP contribution in [0, 0.1) is 0 Å². The molecular formula is C21H22ClNO6. The quantitative estimate of drug-likeness (QED) is 0.718. The third-order valence-corrected chi connectivity index (χ3v) is 4.87. The number of para-hydroxylation sites is 1. The van der Waals surface area contributed by atoms with Crippen molar-refractivity contribution in [3.05, 3.63) is 52.5 Å². The summed E-state index contributed by atoms with van der Waals surface area (Å²) in [6.45, 7) is 1.91. The third-order valence-electron chi connectivity index (χ3n) is 4.54. The van der Waals surface area contributed by atoms with Crippen LogP contribution in [0.1, 0.15) is 30.6 Å². The second kappa shape index (κ2) is 9.15. The molecule has 1 heterocycles. The minimum Gasteiger partial charge on any atom is -0.493 e. The normalized spacial score (nSPS) is 18.3. The lowest BCUT2D eigenvalue weighted by Crippen LogP contribution is -2.32. The first kappa shape index (κ1) is 21.0. The minimum atomic E-state index is -1.07. The van der Waals surface area contributed by atoms with Gasteiger partial charge in [-0.15, -0.1) is 0 Å². The molecule has 0 aromatic heterocycles. The molecule has 29 heavy (non-hydrogen) atoms. The maximum Gasteiger partial charge on any atom is 0.308 e. The summed E-state index contributed by atoms with van der Waals surface area (Å²) in [5.74, 6) is -0.0187. The summed E-state index contributed by atoms with van der Waals surface area (Å²) < 4.78 is 22.1. The summed E-state index contributed by atoms with van der Waals surface area (Å²) in [7, 11) is 3.05. The molecule has 1 aliphatic heterocycles. The van der Waals surface area contributed by atoms with Crippen LogP contribution in [0.2, 0.25) is 5.02 Å². The Balaban J connectivity index is 2.12. The zero-order valence-electron chi connectivity index (χ0n) is 16.4. The first-order valence-electron chi connectivity index (χ1n) is 9.11. The van der Waals surface area contributed by atoms with Crippen LogP contribution in [0.5, 0.6) is 11.5 Å². The number of methoxy groups -OCH3 is 2. The fraction of sp³-hybridized carbons (Fsp3) is 0.333. The Morgan fingerprint density at radius 2 is 1.93 bits per heavy atom. The number of hydrogen-bond acceptors (Lipinski definition) is 6. The van der Waals surface area contributed by atoms with Crippen molar-refractivity contribution in [3.8, 4) is 11.5 Å². The van der Waals surface area contributed by atoms with E-state index in [9.17, 15) is 9.59 Å². The highest BCUT2D eigenvalue weighted by Gasteiger charge is 2.36. The maximum absolute atomic E-state index is 12.7. The van der Waals surface area contributed by atoms with E-state index in [1.54, 1.807) is 43.3 Å². The van der Waals surface area contributed by atoms with E-state index in [1.807, 2.05) is 0 Å². The molecule has 0 saturated carbocycles. The van der Waals surface area contributed by atoms with E-state index in [4.69, 9.17) is 30.5 Å². The summed E-state index contributed by atoms with van der Waals surface area (Å²) in [6, 6.07) is 10.5. The van der Waals surface area contributed by atoms with Gasteiger partial charge in [-0.05, 0) is 25.1 Å². The van der Waals surface area contributed by atoms with Crippen molar-refractivity contribution in [1.82, 2.24) is 0 Å². The molecule has 154 valence electrons. The monoisotopic (exact) mass is 419 g/mol. The third kappa shape index (κ3) is 4.31. The molecule has 0 saturated heterocycles. The van der Waals surface area contributed by atoms with E-state index in [2.05, 4.69) is 5.32 Å². The summed E-state index contributed by atoms with van der Waals surface area (Å²) in [5, 5.41) is 3.21. The van der Waals surface area contributed by atoms with Crippen LogP contribution >= 0.6 is 11.6 Å². The Kier molecular flexibility index (Phi) is 6.61. The number of carbonyl (C=O) groups excluding carboxylic acids is 2. The van der Waals surface area contributed by atoms with Crippen LogP contribution < -0.4 is 14.8 Å². The van der Waals surface area contributed by atoms with E-state index in [0.29, 0.717) is 33.3 Å². The van der Waals surface area contributed by atoms with E-state index in [-0.39, 0.29) is 13.0 Å². The first-order valence-corrected chi connectivity index (χ1v) is 9.49. The van der Waals surface area contributed by atoms with Crippen LogP contribution in [0.3, 0.4) is 0 Å². The van der Waals surface area contributed by atoms with Crippen LogP contribution in [-0.2, 0) is 19.1 Å². The summed E-state index contributed by atoms with van der Waals surface area (Å²) in [4.78, 5) is 24.8. The van der Waals surface area contributed by atoms with Gasteiger partial charge in [-0.25, -0.2) is 0 Å². The number of esters is 1. The molecule has 2 aromatic carbocycles. The zero-order valence-corrected chi connectivity index (χ0v) is 17.1. The standard InChI is InChI=1S/C21H22ClNO6/c1-4-28-17(24)11-16-21(25)23-14-9-6-8-13(22)18(14)20(29-16)12-7-5-10-15(26-2)19(12)27-3/h5-10,16,20H,4,11H2,1-3H3,(H,23,25)/t16-,20-/m1/s1. The smallest absolute Gasteiger partial charge is 0.308 e. The molecule has 1 aliphatic rings. The van der Waals surface area contributed by atoms with Crippen LogP contribution in [0.15, 0.2) is 36.4 Å². The number of carbonyl (C=O) groups is 2. The number of halogens is 1. The number of hydrogen-bond donors (Lipinski definition) is 1. The van der Waals surface area contributed by atoms with Crippen molar-refractivity contribution in [1.29, 1.82) is 0 Å². The van der Waals surface area contributed by atoms with Crippen molar-refractivity contribution < 1.29 is 28.5 Å². The molecule has 7 nitrogen and oxygen atoms in total. The van der Waals surface area contributed by atoms with Crippen LogP contribution in [0.4, 0.5) is 5.69 Å². The molecular weight excluding hydrogens is 398 g/mol. The number of ether oxygens (including phenoxy) is 4. The maximum atomic E-state index is 12.7. The second-order valence-electron chi connectivity index (χ2n) is 6.29. The average Bonchev–Trinajstić information content (AvgIpc) is 2.84. The predicted octanol–water partition coefficient (Wildman–Crippen LogP) is 3.74. The highest BCUT2D eigenvalue weighted by molar-refractivity contribution is 6.32. The number of amides is 1. The molecule has 8 heteroatoms. The Bertz CT molecular complexity index is 916. The van der Waals surface area contributed by atoms with Crippen LogP contribution in [-0.4, -0.2) is 38.8 Å². The number of benzene rings is 2. The van der Waals surface area contributed by atoms with Gasteiger partial charge in [-0.2, -0.15) is 0 Å². The van der Waals surface area contributed by atoms with Gasteiger partial charge in [-0.1, -0.05) is 29.8 Å². The first-order chi connectivity index (χ1) is 14.0. The molecule has 1 amide bonds. The number of rotatable bonds is 6. The zero-order chi connectivity index (χ0) is 21.0. The van der Waals surface area contributed by atoms with Crippen molar-refractivity contribution >= 4 is 29.2 Å². The van der Waals surface area contributed by atoms with Gasteiger partial charge in [0, 0.05) is 21.8 Å². The minimum absolute atomic E-state index is 0.215. The molecule has 0 radical (unpaired) electrons. The largest absolute Gasteiger partial charge is 0.493 e. The fourth-order valence-corrected chi connectivity index (χ4v) is 3.55. The van der Waals surface area contributed by atoms with Gasteiger partial charge in [0.2, 0.25) is 0 Å². The van der Waals surface area contributed by atoms with Gasteiger partial charge < -0.3 is 24.3 Å². The summed E-state index contributed by atoms with van der Waals surface area (Å²) in [6.07, 6.45) is -2.07. The van der Waals surface area contributed by atoms with Gasteiger partial charge >= 0.3 is 5.97 Å². The van der Waals surface area contributed by atoms with Crippen molar-refractivity contribution in [3.63, 3.8) is 0 Å². The van der Waals surface area contributed by atoms with Gasteiger partial charge in [0.1, 0.15) is 12.2 Å². The summed E-state index contributed by atoms with van der Waals surface area (Å²) in [5.41, 5.74) is 1.69. The molecule has 0 spiro atoms. The van der Waals surface area contributed by atoms with E-state index in [1.165, 1.54) is 14.2 Å². The number of nitrogens with one attached hydrogen (secondary N) is 1. The van der Waals surface area contributed by atoms with E-state index < -0.39 is 24.1 Å². The Hall–Kier alpha value is -2.77. The van der Waals surface area contributed by atoms with Crippen molar-refractivity contribution in [2.24, 2.45) is 0 Å². The lowest BCUT2D eigenvalue weighted by atomic mass is 9.98. The average molecular weight is 420 g/mol. The molecule has 2 aromatic rings. The van der Waals surface area contributed by atoms with Gasteiger partial charge in [0.25, 0.3) is 5.91 Å². The Morgan fingerprint density at radius 3 is 2.62 bits per heavy atom. The van der Waals surface area contributed by atoms with E-state index >= 15 is 0 Å². The van der Waals surface area contributed by atoms with Crippen LogP contribution in [0.25, 0.3) is 0 Å². The van der Waals surface area contributed by atoms with E-state index in [0.717, 1.165) is 0 Å². The highest BCUT2D eigenvalue weighted by Crippen LogP contribution is 2.45. The highest BCUT2D eigenvalue weighted by atomic mass is 35.5. The Morgan fingerprint density at radius 1 is 1.17 bits per heavy atom. The SMILES string of the molecule is CCOC(=O)C[C@H]1O[C@H](c2cccc(OC)c2OC)c2c(Cl)cccc2NC1=O. The molecule has 0 unspecified atom stereocenters. The topological polar surface area (TPSA) is 83.1 Å². The second-order valence-corrected chi connectivity index (χ2v) is 6.69. The molecule has 1 N–H and O–H groups in total. The molecule has 2 atom stereocenters. The molecule has 0 bridgehead atoms. The molecule has 0 fully saturated rings. The lowest BCUT2D eigenvalue weighted by Gasteiger charge is -2.24. The Labute approximate surface area is 173 Å². The van der Waals surface area contributed by atoms with Gasteiger partial charge in [0.15, 0.2) is 11.5 Å². The molecule has 0 aliphatic carbocycles. The predicted molar refractivity (Wildman–Crippen MR) is 108 cm³/mol. The van der Waals surface area contributed by atoms with Gasteiger partial charge in [0.05, 0.1) is 27.2 Å². The van der Waals surface area contributed by atoms with Crippen molar-refractivity contribution in [2.75, 3.05) is 26.1 Å². The van der Waals surface area contributed by atoms with Crippen molar-refractivity contribution in [2.45, 2.75) is 25.6 Å². The lowest BCUT2D eigenvalue weighted by molar-refractivity contribution is -0.150. The van der Waals surface area contributed by atoms with Gasteiger partial charge in [-0.3, -0.25) is 9.59 Å². The summed E-state index contributed by atoms with van der Waals surface area (Å²) >= 11 is 6.48. The fourth-order valence-electron chi connectivity index (χ4n) is 3.28. The number of fused-ring (bicyclic) bond motifs is 1.